The Hall–Kier alpha value is -3.99. The molecule has 2 aromatic rings. The molecule has 7 rings (SSSR count). The van der Waals surface area contributed by atoms with Crippen molar-refractivity contribution in [1.29, 1.82) is 0 Å². The van der Waals surface area contributed by atoms with Gasteiger partial charge in [-0.15, -0.1) is 0 Å². The van der Waals surface area contributed by atoms with Crippen LogP contribution in [0.1, 0.15) is 86.1 Å². The van der Waals surface area contributed by atoms with Gasteiger partial charge in [-0.05, 0) is 84.4 Å². The predicted octanol–water partition coefficient (Wildman–Crippen LogP) is 4.18. The van der Waals surface area contributed by atoms with Gasteiger partial charge in [0.15, 0.2) is 0 Å². The summed E-state index contributed by atoms with van der Waals surface area (Å²) in [4.78, 5) is 58.7. The van der Waals surface area contributed by atoms with Crippen molar-refractivity contribution in [2.24, 2.45) is 16.7 Å². The average Bonchev–Trinajstić information content (AvgIpc) is 3.38. The molecule has 0 aromatic heterocycles. The third-order valence-corrected chi connectivity index (χ3v) is 11.7. The highest BCUT2D eigenvalue weighted by molar-refractivity contribution is 6.05. The number of nitrogens with zero attached hydrogens (tertiary/aromatic N) is 4. The molecule has 0 bridgehead atoms. The first-order chi connectivity index (χ1) is 23.3. The number of nitrogens with one attached hydrogen (secondary N) is 2. The molecule has 4 heterocycles. The molecule has 2 aromatic carbocycles. The molecule has 4 amide bonds. The van der Waals surface area contributed by atoms with E-state index >= 15 is 4.39 Å². The van der Waals surface area contributed by atoms with Gasteiger partial charge in [0, 0.05) is 81.6 Å². The van der Waals surface area contributed by atoms with Crippen LogP contribution in [0.4, 0.5) is 15.8 Å². The van der Waals surface area contributed by atoms with Crippen molar-refractivity contribution in [2.75, 3.05) is 55.6 Å². The molecule has 4 aliphatic heterocycles. The lowest BCUT2D eigenvalue weighted by Gasteiger charge is -2.57. The van der Waals surface area contributed by atoms with Crippen molar-refractivity contribution < 1.29 is 23.6 Å². The fourth-order valence-electron chi connectivity index (χ4n) is 9.48. The topological polar surface area (TPSA) is 105 Å². The Bertz CT molecular complexity index is 1650. The Morgan fingerprint density at radius 3 is 2.27 bits per heavy atom. The fourth-order valence-corrected chi connectivity index (χ4v) is 9.48. The van der Waals surface area contributed by atoms with E-state index < -0.39 is 6.04 Å². The Kier molecular flexibility index (Phi) is 8.70. The van der Waals surface area contributed by atoms with Gasteiger partial charge in [0.2, 0.25) is 11.8 Å². The summed E-state index contributed by atoms with van der Waals surface area (Å²) in [5.74, 6) is -0.818. The summed E-state index contributed by atoms with van der Waals surface area (Å²) < 4.78 is 15.3. The van der Waals surface area contributed by atoms with Crippen molar-refractivity contribution in [3.05, 3.63) is 58.9 Å². The summed E-state index contributed by atoms with van der Waals surface area (Å²) in [6, 6.07) is 10.3. The zero-order valence-electron chi connectivity index (χ0n) is 29.2. The third-order valence-electron chi connectivity index (χ3n) is 11.7. The highest BCUT2D eigenvalue weighted by Crippen LogP contribution is 2.53. The van der Waals surface area contributed by atoms with Crippen molar-refractivity contribution in [1.82, 2.24) is 20.4 Å². The second-order valence-corrected chi connectivity index (χ2v) is 16.2. The van der Waals surface area contributed by atoms with Gasteiger partial charge in [-0.25, -0.2) is 4.39 Å². The molecule has 0 spiro atoms. The van der Waals surface area contributed by atoms with Crippen LogP contribution in [-0.4, -0.2) is 91.3 Å². The lowest BCUT2D eigenvalue weighted by atomic mass is 9.52. The van der Waals surface area contributed by atoms with E-state index in [1.165, 1.54) is 6.07 Å². The normalized spacial score (nSPS) is 24.5. The summed E-state index contributed by atoms with van der Waals surface area (Å²) in [7, 11) is 0. The van der Waals surface area contributed by atoms with Gasteiger partial charge in [-0.3, -0.25) is 29.4 Å². The van der Waals surface area contributed by atoms with Gasteiger partial charge in [-0.2, -0.15) is 0 Å². The van der Waals surface area contributed by atoms with Gasteiger partial charge >= 0.3 is 0 Å². The lowest BCUT2D eigenvalue weighted by Crippen LogP contribution is -2.63. The quantitative estimate of drug-likeness (QED) is 0.426. The first-order valence-corrected chi connectivity index (χ1v) is 17.9. The molecule has 3 saturated heterocycles. The van der Waals surface area contributed by atoms with Crippen LogP contribution < -0.4 is 20.4 Å². The fraction of sp³-hybridized carbons (Fsp3) is 0.579. The SMILES string of the molecule is CC1(C)CC(C)(C)C1NC(=O)c1ccc(N2CCC(CN3CCN(c4ccc5c(c4)CN([C@H]4CCC(=O)NC4=O)C5=O)CC3)CC2)c(F)c1. The first kappa shape index (κ1) is 33.5. The average molecular weight is 673 g/mol. The zero-order valence-corrected chi connectivity index (χ0v) is 29.2. The van der Waals surface area contributed by atoms with Crippen molar-refractivity contribution in [3.63, 3.8) is 0 Å². The van der Waals surface area contributed by atoms with E-state index in [1.54, 1.807) is 17.0 Å². The molecule has 1 saturated carbocycles. The minimum atomic E-state index is -0.605. The zero-order chi connectivity index (χ0) is 34.7. The number of anilines is 2. The molecule has 49 heavy (non-hydrogen) atoms. The number of rotatable bonds is 7. The summed E-state index contributed by atoms with van der Waals surface area (Å²) >= 11 is 0. The number of piperazine rings is 1. The van der Waals surface area contributed by atoms with Crippen LogP contribution >= 0.6 is 0 Å². The molecule has 5 aliphatic rings. The minimum Gasteiger partial charge on any atom is -0.369 e. The Morgan fingerprint density at radius 1 is 0.898 bits per heavy atom. The van der Waals surface area contributed by atoms with E-state index in [-0.39, 0.29) is 52.7 Å². The second kappa shape index (κ2) is 12.7. The van der Waals surface area contributed by atoms with Gasteiger partial charge in [0.05, 0.1) is 5.69 Å². The Balaban J connectivity index is 0.874. The molecule has 11 heteroatoms. The van der Waals surface area contributed by atoms with Crippen molar-refractivity contribution in [3.8, 4) is 0 Å². The molecule has 4 fully saturated rings. The number of fused-ring (bicyclic) bond motifs is 1. The molecule has 10 nitrogen and oxygen atoms in total. The first-order valence-electron chi connectivity index (χ1n) is 17.9. The highest BCUT2D eigenvalue weighted by Gasteiger charge is 2.53. The van der Waals surface area contributed by atoms with E-state index in [2.05, 4.69) is 59.1 Å². The maximum absolute atomic E-state index is 15.3. The number of imide groups is 1. The molecule has 262 valence electrons. The molecule has 1 atom stereocenters. The number of halogens is 1. The van der Waals surface area contributed by atoms with E-state index in [1.807, 2.05) is 12.1 Å². The Labute approximate surface area is 288 Å². The molecule has 0 radical (unpaired) electrons. The maximum Gasteiger partial charge on any atom is 0.255 e. The molecular formula is C38H49FN6O4. The highest BCUT2D eigenvalue weighted by atomic mass is 19.1. The van der Waals surface area contributed by atoms with Gasteiger partial charge < -0.3 is 20.0 Å². The van der Waals surface area contributed by atoms with E-state index in [0.29, 0.717) is 35.7 Å². The van der Waals surface area contributed by atoms with Crippen LogP contribution in [0, 0.1) is 22.6 Å². The van der Waals surface area contributed by atoms with Crippen LogP contribution in [0.5, 0.6) is 0 Å². The minimum absolute atomic E-state index is 0.0332. The maximum atomic E-state index is 15.3. The van der Waals surface area contributed by atoms with E-state index in [4.69, 9.17) is 0 Å². The molecule has 1 aliphatic carbocycles. The molecule has 2 N–H and O–H groups in total. The third kappa shape index (κ3) is 6.54. The van der Waals surface area contributed by atoms with Crippen LogP contribution in [-0.2, 0) is 16.1 Å². The number of carbonyl (C=O) groups excluding carboxylic acids is 4. The van der Waals surface area contributed by atoms with Crippen LogP contribution in [0.15, 0.2) is 36.4 Å². The smallest absolute Gasteiger partial charge is 0.255 e. The second-order valence-electron chi connectivity index (χ2n) is 16.2. The molecular weight excluding hydrogens is 623 g/mol. The van der Waals surface area contributed by atoms with Crippen LogP contribution in [0.3, 0.4) is 0 Å². The van der Waals surface area contributed by atoms with E-state index in [9.17, 15) is 19.2 Å². The summed E-state index contributed by atoms with van der Waals surface area (Å²) in [5.41, 5.74) is 3.66. The van der Waals surface area contributed by atoms with Gasteiger partial charge in [0.25, 0.3) is 11.8 Å². The number of benzene rings is 2. The van der Waals surface area contributed by atoms with Crippen LogP contribution in [0.2, 0.25) is 0 Å². The van der Waals surface area contributed by atoms with Gasteiger partial charge in [-0.1, -0.05) is 27.7 Å². The summed E-state index contributed by atoms with van der Waals surface area (Å²) in [5, 5.41) is 5.53. The summed E-state index contributed by atoms with van der Waals surface area (Å²) in [6.07, 6.45) is 3.64. The van der Waals surface area contributed by atoms with Crippen LogP contribution in [0.25, 0.3) is 0 Å². The standard InChI is InChI=1S/C38H49FN6O4/c1-37(2)23-38(3,4)36(37)41-33(47)25-5-8-30(29(39)20-25)44-13-11-24(12-14-44)21-42-15-17-43(18-16-42)27-6-7-28-26(19-27)22-45(35(28)49)31-9-10-32(46)40-34(31)48/h5-8,19-20,24,31,36H,9-18,21-23H2,1-4H3,(H,41,47)(H,40,46,48)/t31-/m0/s1. The van der Waals surface area contributed by atoms with Gasteiger partial charge in [0.1, 0.15) is 11.9 Å². The predicted molar refractivity (Wildman–Crippen MR) is 186 cm³/mol. The van der Waals surface area contributed by atoms with Crippen molar-refractivity contribution >= 4 is 35.0 Å². The van der Waals surface area contributed by atoms with Crippen molar-refractivity contribution in [2.45, 2.75) is 78.4 Å². The lowest BCUT2D eigenvalue weighted by molar-refractivity contribution is -0.136. The summed E-state index contributed by atoms with van der Waals surface area (Å²) in [6.45, 7) is 15.3. The van der Waals surface area contributed by atoms with E-state index in [0.717, 1.165) is 76.3 Å². The number of carbonyl (C=O) groups is 4. The number of amides is 4. The Morgan fingerprint density at radius 2 is 1.61 bits per heavy atom. The monoisotopic (exact) mass is 672 g/mol. The number of piperidine rings is 2. The molecule has 0 unspecified atom stereocenters. The number of hydrogen-bond donors (Lipinski definition) is 2. The number of hydrogen-bond acceptors (Lipinski definition) is 7. The largest absolute Gasteiger partial charge is 0.369 e.